The summed E-state index contributed by atoms with van der Waals surface area (Å²) < 4.78 is 5.64. The van der Waals surface area contributed by atoms with E-state index in [-0.39, 0.29) is 11.9 Å². The monoisotopic (exact) mass is 254 g/mol. The van der Waals surface area contributed by atoms with Gasteiger partial charge in [-0.1, -0.05) is 24.3 Å². The summed E-state index contributed by atoms with van der Waals surface area (Å²) in [5, 5.41) is 2.95. The lowest BCUT2D eigenvalue weighted by Gasteiger charge is -2.25. The Morgan fingerprint density at radius 3 is 2.89 bits per heavy atom. The number of ether oxygens (including phenoxy) is 1. The highest BCUT2D eigenvalue weighted by molar-refractivity contribution is 5.92. The van der Waals surface area contributed by atoms with Crippen molar-refractivity contribution in [3.05, 3.63) is 59.9 Å². The molecule has 2 aromatic rings. The predicted molar refractivity (Wildman–Crippen MR) is 71.1 cm³/mol. The van der Waals surface area contributed by atoms with Crippen LogP contribution in [-0.4, -0.2) is 23.5 Å². The van der Waals surface area contributed by atoms with Crippen molar-refractivity contribution >= 4 is 5.91 Å². The highest BCUT2D eigenvalue weighted by Crippen LogP contribution is 2.23. The molecule has 0 aliphatic carbocycles. The smallest absolute Gasteiger partial charge is 0.270 e. The van der Waals surface area contributed by atoms with Gasteiger partial charge in [-0.15, -0.1) is 0 Å². The summed E-state index contributed by atoms with van der Waals surface area (Å²) in [7, 11) is 0. The van der Waals surface area contributed by atoms with Crippen molar-refractivity contribution in [2.75, 3.05) is 6.61 Å². The summed E-state index contributed by atoms with van der Waals surface area (Å²) in [5.41, 5.74) is 1.56. The van der Waals surface area contributed by atoms with Crippen LogP contribution in [0.5, 0.6) is 5.75 Å². The van der Waals surface area contributed by atoms with Gasteiger partial charge in [0.25, 0.3) is 5.91 Å². The number of nitrogens with one attached hydrogen (secondary N) is 1. The molecule has 0 saturated carbocycles. The maximum absolute atomic E-state index is 12.0. The zero-order valence-electron chi connectivity index (χ0n) is 10.4. The molecule has 0 fully saturated rings. The third kappa shape index (κ3) is 2.57. The fourth-order valence-corrected chi connectivity index (χ4v) is 2.18. The fourth-order valence-electron chi connectivity index (χ4n) is 2.18. The van der Waals surface area contributed by atoms with Gasteiger partial charge < -0.3 is 10.1 Å². The molecule has 1 amide bonds. The number of hydrogen-bond donors (Lipinski definition) is 1. The van der Waals surface area contributed by atoms with E-state index in [0.717, 1.165) is 17.7 Å². The zero-order chi connectivity index (χ0) is 13.1. The molecule has 1 atom stereocenters. The topological polar surface area (TPSA) is 51.2 Å². The van der Waals surface area contributed by atoms with E-state index < -0.39 is 0 Å². The molecule has 1 aliphatic heterocycles. The van der Waals surface area contributed by atoms with Gasteiger partial charge in [0.2, 0.25) is 0 Å². The Morgan fingerprint density at radius 1 is 1.21 bits per heavy atom. The number of para-hydroxylation sites is 1. The number of carbonyl (C=O) groups is 1. The van der Waals surface area contributed by atoms with E-state index in [0.29, 0.717) is 12.3 Å². The van der Waals surface area contributed by atoms with Crippen LogP contribution in [0.1, 0.15) is 16.1 Å². The van der Waals surface area contributed by atoms with Crippen molar-refractivity contribution in [3.63, 3.8) is 0 Å². The maximum atomic E-state index is 12.0. The van der Waals surface area contributed by atoms with Crippen molar-refractivity contribution in [1.29, 1.82) is 0 Å². The lowest BCUT2D eigenvalue weighted by molar-refractivity contribution is 0.0910. The number of carbonyl (C=O) groups excluding carboxylic acids is 1. The molecule has 0 radical (unpaired) electrons. The SMILES string of the molecule is O=C(NC1COc2ccccc2C1)c1ccccn1. The number of rotatable bonds is 2. The molecule has 1 aliphatic rings. The molecule has 1 N–H and O–H groups in total. The molecule has 0 bridgehead atoms. The Hall–Kier alpha value is -2.36. The molecule has 1 aromatic heterocycles. The van der Waals surface area contributed by atoms with Crippen molar-refractivity contribution in [1.82, 2.24) is 10.3 Å². The van der Waals surface area contributed by atoms with Gasteiger partial charge in [-0.2, -0.15) is 0 Å². The van der Waals surface area contributed by atoms with Gasteiger partial charge in [0.1, 0.15) is 18.1 Å². The van der Waals surface area contributed by atoms with Gasteiger partial charge >= 0.3 is 0 Å². The molecule has 4 heteroatoms. The summed E-state index contributed by atoms with van der Waals surface area (Å²) in [5.74, 6) is 0.749. The van der Waals surface area contributed by atoms with Gasteiger partial charge in [-0.05, 0) is 30.2 Å². The van der Waals surface area contributed by atoms with Crippen LogP contribution in [0.4, 0.5) is 0 Å². The molecule has 3 rings (SSSR count). The zero-order valence-corrected chi connectivity index (χ0v) is 10.4. The van der Waals surface area contributed by atoms with Gasteiger partial charge in [-0.25, -0.2) is 0 Å². The molecule has 2 heterocycles. The third-order valence-electron chi connectivity index (χ3n) is 3.11. The van der Waals surface area contributed by atoms with Crippen molar-refractivity contribution in [2.24, 2.45) is 0 Å². The summed E-state index contributed by atoms with van der Waals surface area (Å²) in [4.78, 5) is 16.0. The van der Waals surface area contributed by atoms with E-state index >= 15 is 0 Å². The first-order valence-corrected chi connectivity index (χ1v) is 6.25. The summed E-state index contributed by atoms with van der Waals surface area (Å²) >= 11 is 0. The minimum atomic E-state index is -0.159. The standard InChI is InChI=1S/C15H14N2O2/c18-15(13-6-3-4-8-16-13)17-12-9-11-5-1-2-7-14(11)19-10-12/h1-8,12H,9-10H2,(H,17,18). The third-order valence-corrected chi connectivity index (χ3v) is 3.11. The molecule has 96 valence electrons. The second-order valence-corrected chi connectivity index (χ2v) is 4.51. The lowest BCUT2D eigenvalue weighted by atomic mass is 10.0. The summed E-state index contributed by atoms with van der Waals surface area (Å²) in [6.07, 6.45) is 2.40. The number of pyridine rings is 1. The van der Waals surface area contributed by atoms with Crippen LogP contribution < -0.4 is 10.1 Å². The first-order chi connectivity index (χ1) is 9.33. The highest BCUT2D eigenvalue weighted by Gasteiger charge is 2.21. The van der Waals surface area contributed by atoms with Gasteiger partial charge in [0.05, 0.1) is 6.04 Å². The molecule has 0 saturated heterocycles. The van der Waals surface area contributed by atoms with Crippen LogP contribution in [0.3, 0.4) is 0 Å². The number of amides is 1. The maximum Gasteiger partial charge on any atom is 0.270 e. The first kappa shape index (κ1) is 11.7. The van der Waals surface area contributed by atoms with E-state index in [4.69, 9.17) is 4.74 Å². The van der Waals surface area contributed by atoms with Crippen LogP contribution in [0.15, 0.2) is 48.7 Å². The largest absolute Gasteiger partial charge is 0.491 e. The summed E-state index contributed by atoms with van der Waals surface area (Å²) in [6.45, 7) is 0.496. The first-order valence-electron chi connectivity index (χ1n) is 6.25. The van der Waals surface area contributed by atoms with Crippen LogP contribution in [0.2, 0.25) is 0 Å². The predicted octanol–water partition coefficient (Wildman–Crippen LogP) is 1.82. The molecule has 1 unspecified atom stereocenters. The Kier molecular flexibility index (Phi) is 3.14. The van der Waals surface area contributed by atoms with E-state index in [1.807, 2.05) is 24.3 Å². The lowest BCUT2D eigenvalue weighted by Crippen LogP contribution is -2.42. The van der Waals surface area contributed by atoms with Crippen LogP contribution in [0.25, 0.3) is 0 Å². The Morgan fingerprint density at radius 2 is 2.05 bits per heavy atom. The van der Waals surface area contributed by atoms with Crippen molar-refractivity contribution < 1.29 is 9.53 Å². The average molecular weight is 254 g/mol. The van der Waals surface area contributed by atoms with E-state index in [1.165, 1.54) is 0 Å². The van der Waals surface area contributed by atoms with Crippen LogP contribution >= 0.6 is 0 Å². The minimum Gasteiger partial charge on any atom is -0.491 e. The van der Waals surface area contributed by atoms with Crippen LogP contribution in [-0.2, 0) is 6.42 Å². The van der Waals surface area contributed by atoms with Gasteiger partial charge in [-0.3, -0.25) is 9.78 Å². The normalized spacial score (nSPS) is 17.2. The Balaban J connectivity index is 1.68. The second-order valence-electron chi connectivity index (χ2n) is 4.51. The second kappa shape index (κ2) is 5.10. The van der Waals surface area contributed by atoms with E-state index in [1.54, 1.807) is 24.4 Å². The molecular weight excluding hydrogens is 240 g/mol. The average Bonchev–Trinajstić information content (AvgIpc) is 2.48. The molecule has 4 nitrogen and oxygen atoms in total. The van der Waals surface area contributed by atoms with Crippen LogP contribution in [0, 0.1) is 0 Å². The van der Waals surface area contributed by atoms with Crippen molar-refractivity contribution in [2.45, 2.75) is 12.5 Å². The number of benzene rings is 1. The molecular formula is C15H14N2O2. The summed E-state index contributed by atoms with van der Waals surface area (Å²) in [6, 6.07) is 13.2. The van der Waals surface area contributed by atoms with Crippen molar-refractivity contribution in [3.8, 4) is 5.75 Å². The van der Waals surface area contributed by atoms with Gasteiger partial charge in [0, 0.05) is 6.20 Å². The Labute approximate surface area is 111 Å². The van der Waals surface area contributed by atoms with E-state index in [9.17, 15) is 4.79 Å². The number of hydrogen-bond acceptors (Lipinski definition) is 3. The number of fused-ring (bicyclic) bond motifs is 1. The minimum absolute atomic E-state index is 0.00981. The quantitative estimate of drug-likeness (QED) is 0.889. The molecule has 1 aromatic carbocycles. The molecule has 19 heavy (non-hydrogen) atoms. The number of nitrogens with zero attached hydrogens (tertiary/aromatic N) is 1. The Bertz CT molecular complexity index is 584. The highest BCUT2D eigenvalue weighted by atomic mass is 16.5. The molecule has 0 spiro atoms. The fraction of sp³-hybridized carbons (Fsp3) is 0.200. The van der Waals surface area contributed by atoms with Gasteiger partial charge in [0.15, 0.2) is 0 Å². The van der Waals surface area contributed by atoms with E-state index in [2.05, 4.69) is 10.3 Å². The number of aromatic nitrogens is 1.